The highest BCUT2D eigenvalue weighted by molar-refractivity contribution is 7.99. The van der Waals surface area contributed by atoms with Gasteiger partial charge in [0.15, 0.2) is 5.69 Å². The number of pyridine rings is 1. The highest BCUT2D eigenvalue weighted by atomic mass is 32.2. The average Bonchev–Trinajstić information content (AvgIpc) is 2.77. The predicted molar refractivity (Wildman–Crippen MR) is 72.9 cm³/mol. The van der Waals surface area contributed by atoms with Gasteiger partial charge in [0.25, 0.3) is 5.91 Å². The van der Waals surface area contributed by atoms with Crippen molar-refractivity contribution in [3.63, 3.8) is 0 Å². The normalized spacial score (nSPS) is 22.9. The van der Waals surface area contributed by atoms with Gasteiger partial charge in [-0.25, -0.2) is 4.98 Å². The lowest BCUT2D eigenvalue weighted by atomic mass is 10.2. The highest BCUT2D eigenvalue weighted by Crippen LogP contribution is 2.29. The minimum absolute atomic E-state index is 0.0625. The van der Waals surface area contributed by atoms with Crippen LogP contribution in [0.2, 0.25) is 0 Å². The number of carbonyl (C=O) groups excluding carboxylic acids is 1. The van der Waals surface area contributed by atoms with E-state index in [0.29, 0.717) is 5.25 Å². The number of rotatable bonds is 4. The largest absolute Gasteiger partial charge is 0.505 e. The third kappa shape index (κ3) is 3.16. The Labute approximate surface area is 111 Å². The molecule has 5 heteroatoms. The molecule has 0 aromatic carbocycles. The topological polar surface area (TPSA) is 62.2 Å². The van der Waals surface area contributed by atoms with E-state index >= 15 is 0 Å². The Morgan fingerprint density at radius 2 is 2.44 bits per heavy atom. The minimum atomic E-state index is -0.278. The van der Waals surface area contributed by atoms with Crippen molar-refractivity contribution in [3.8, 4) is 5.75 Å². The van der Waals surface area contributed by atoms with E-state index in [2.05, 4.69) is 17.2 Å². The molecule has 1 amide bonds. The van der Waals surface area contributed by atoms with Gasteiger partial charge < -0.3 is 10.4 Å². The fraction of sp³-hybridized carbons (Fsp3) is 0.538. The van der Waals surface area contributed by atoms with Crippen LogP contribution in [-0.4, -0.2) is 33.0 Å². The molecule has 0 saturated heterocycles. The molecular formula is C13H18N2O2S. The van der Waals surface area contributed by atoms with E-state index in [4.69, 9.17) is 0 Å². The lowest BCUT2D eigenvalue weighted by Gasteiger charge is -2.13. The average molecular weight is 266 g/mol. The fourth-order valence-corrected chi connectivity index (χ4v) is 3.43. The van der Waals surface area contributed by atoms with E-state index in [0.717, 1.165) is 25.0 Å². The van der Waals surface area contributed by atoms with Gasteiger partial charge in [-0.15, -0.1) is 0 Å². The molecule has 1 aliphatic carbocycles. The van der Waals surface area contributed by atoms with Gasteiger partial charge in [-0.3, -0.25) is 4.79 Å². The third-order valence-electron chi connectivity index (χ3n) is 3.12. The van der Waals surface area contributed by atoms with Crippen molar-refractivity contribution in [1.82, 2.24) is 10.3 Å². The predicted octanol–water partition coefficient (Wildman–Crippen LogP) is 2.19. The van der Waals surface area contributed by atoms with Crippen molar-refractivity contribution in [2.24, 2.45) is 0 Å². The molecule has 1 aliphatic rings. The van der Waals surface area contributed by atoms with E-state index in [-0.39, 0.29) is 23.4 Å². The van der Waals surface area contributed by atoms with E-state index in [1.165, 1.54) is 12.3 Å². The molecule has 98 valence electrons. The lowest BCUT2D eigenvalue weighted by molar-refractivity contribution is 0.0930. The summed E-state index contributed by atoms with van der Waals surface area (Å²) in [5, 5.41) is 13.2. The molecule has 1 saturated carbocycles. The van der Waals surface area contributed by atoms with Crippen molar-refractivity contribution in [2.75, 3.05) is 5.75 Å². The first-order valence-corrected chi connectivity index (χ1v) is 7.32. The molecule has 1 fully saturated rings. The first-order chi connectivity index (χ1) is 8.70. The van der Waals surface area contributed by atoms with Crippen LogP contribution in [0.15, 0.2) is 18.3 Å². The highest BCUT2D eigenvalue weighted by Gasteiger charge is 2.26. The van der Waals surface area contributed by atoms with E-state index < -0.39 is 0 Å². The molecule has 2 atom stereocenters. The van der Waals surface area contributed by atoms with Gasteiger partial charge in [-0.2, -0.15) is 11.8 Å². The number of amides is 1. The van der Waals surface area contributed by atoms with Gasteiger partial charge in [0.05, 0.1) is 0 Å². The summed E-state index contributed by atoms with van der Waals surface area (Å²) in [5.41, 5.74) is 0.115. The Kier molecular flexibility index (Phi) is 4.47. The summed E-state index contributed by atoms with van der Waals surface area (Å²) in [6.45, 7) is 2.16. The molecule has 0 bridgehead atoms. The monoisotopic (exact) mass is 266 g/mol. The maximum Gasteiger partial charge on any atom is 0.273 e. The Hall–Kier alpha value is -1.23. The second-order valence-electron chi connectivity index (χ2n) is 4.43. The molecule has 2 rings (SSSR count). The zero-order valence-corrected chi connectivity index (χ0v) is 11.2. The van der Waals surface area contributed by atoms with Crippen LogP contribution in [0.3, 0.4) is 0 Å². The SMILES string of the molecule is CCSC1CCC(NC(=O)c2ncccc2O)C1. The van der Waals surface area contributed by atoms with E-state index in [1.54, 1.807) is 6.07 Å². The van der Waals surface area contributed by atoms with Gasteiger partial charge >= 0.3 is 0 Å². The van der Waals surface area contributed by atoms with Crippen LogP contribution in [0, 0.1) is 0 Å². The molecule has 1 aromatic rings. The van der Waals surface area contributed by atoms with Gasteiger partial charge in [0.1, 0.15) is 5.75 Å². The quantitative estimate of drug-likeness (QED) is 0.877. The number of thioether (sulfide) groups is 1. The molecule has 18 heavy (non-hydrogen) atoms. The third-order valence-corrected chi connectivity index (χ3v) is 4.36. The maximum absolute atomic E-state index is 11.9. The van der Waals surface area contributed by atoms with Crippen LogP contribution in [-0.2, 0) is 0 Å². The van der Waals surface area contributed by atoms with Crippen molar-refractivity contribution in [2.45, 2.75) is 37.5 Å². The second-order valence-corrected chi connectivity index (χ2v) is 6.01. The zero-order valence-electron chi connectivity index (χ0n) is 10.4. The van der Waals surface area contributed by atoms with Crippen LogP contribution in [0.5, 0.6) is 5.75 Å². The number of hydrogen-bond acceptors (Lipinski definition) is 4. The second kappa shape index (κ2) is 6.09. The van der Waals surface area contributed by atoms with Crippen molar-refractivity contribution in [3.05, 3.63) is 24.0 Å². The smallest absolute Gasteiger partial charge is 0.273 e. The first-order valence-electron chi connectivity index (χ1n) is 6.27. The lowest BCUT2D eigenvalue weighted by Crippen LogP contribution is -2.33. The van der Waals surface area contributed by atoms with E-state index in [9.17, 15) is 9.90 Å². The van der Waals surface area contributed by atoms with Gasteiger partial charge in [0, 0.05) is 17.5 Å². The molecular weight excluding hydrogens is 248 g/mol. The van der Waals surface area contributed by atoms with Crippen LogP contribution in [0.25, 0.3) is 0 Å². The summed E-state index contributed by atoms with van der Waals surface area (Å²) in [4.78, 5) is 15.9. The summed E-state index contributed by atoms with van der Waals surface area (Å²) < 4.78 is 0. The molecule has 1 aromatic heterocycles. The first kappa shape index (κ1) is 13.2. The van der Waals surface area contributed by atoms with Crippen molar-refractivity contribution >= 4 is 17.7 Å². The molecule has 0 radical (unpaired) electrons. The maximum atomic E-state index is 11.9. The van der Waals surface area contributed by atoms with Crippen LogP contribution in [0.4, 0.5) is 0 Å². The summed E-state index contributed by atoms with van der Waals surface area (Å²) in [6.07, 6.45) is 4.69. The van der Waals surface area contributed by atoms with Crippen LogP contribution in [0.1, 0.15) is 36.7 Å². The van der Waals surface area contributed by atoms with Gasteiger partial charge in [-0.05, 0) is 37.1 Å². The van der Waals surface area contributed by atoms with E-state index in [1.807, 2.05) is 11.8 Å². The summed E-state index contributed by atoms with van der Waals surface area (Å²) >= 11 is 1.95. The minimum Gasteiger partial charge on any atom is -0.505 e. The number of aromatic nitrogens is 1. The number of carbonyl (C=O) groups is 1. The molecule has 2 N–H and O–H groups in total. The fourth-order valence-electron chi connectivity index (χ4n) is 2.28. The molecule has 0 aliphatic heterocycles. The molecule has 4 nitrogen and oxygen atoms in total. The molecule has 2 unspecified atom stereocenters. The molecule has 0 spiro atoms. The summed E-state index contributed by atoms with van der Waals surface area (Å²) in [6, 6.07) is 3.30. The number of hydrogen-bond donors (Lipinski definition) is 2. The van der Waals surface area contributed by atoms with Gasteiger partial charge in [0.2, 0.25) is 0 Å². The van der Waals surface area contributed by atoms with Crippen LogP contribution >= 0.6 is 11.8 Å². The summed E-state index contributed by atoms with van der Waals surface area (Å²) in [7, 11) is 0. The Morgan fingerprint density at radius 1 is 1.61 bits per heavy atom. The van der Waals surface area contributed by atoms with Gasteiger partial charge in [-0.1, -0.05) is 6.92 Å². The number of nitrogens with one attached hydrogen (secondary N) is 1. The van der Waals surface area contributed by atoms with Crippen molar-refractivity contribution in [1.29, 1.82) is 0 Å². The Balaban J connectivity index is 1.91. The Bertz CT molecular complexity index is 425. The van der Waals surface area contributed by atoms with Crippen molar-refractivity contribution < 1.29 is 9.90 Å². The number of nitrogens with zero attached hydrogens (tertiary/aromatic N) is 1. The standard InChI is InChI=1S/C13H18N2O2S/c1-2-18-10-6-5-9(8-10)15-13(17)12-11(16)4-3-7-14-12/h3-4,7,9-10,16H,2,5-6,8H2,1H3,(H,15,17). The summed E-state index contributed by atoms with van der Waals surface area (Å²) in [5.74, 6) is 0.777. The molecule has 1 heterocycles. The number of aromatic hydroxyl groups is 1. The Morgan fingerprint density at radius 3 is 3.17 bits per heavy atom. The van der Waals surface area contributed by atoms with Crippen LogP contribution < -0.4 is 5.32 Å². The zero-order chi connectivity index (χ0) is 13.0.